The van der Waals surface area contributed by atoms with Crippen molar-refractivity contribution in [2.45, 2.75) is 163 Å². The molecular formula is C61H76F2N2O10. The second-order valence-corrected chi connectivity index (χ2v) is 23.3. The average Bonchev–Trinajstić information content (AvgIpc) is 3.76. The Hall–Kier alpha value is -5.92. The number of carboxylic acid groups (broad SMARTS) is 1. The van der Waals surface area contributed by atoms with Crippen molar-refractivity contribution < 1.29 is 51.8 Å². The van der Waals surface area contributed by atoms with Crippen LogP contribution in [0.15, 0.2) is 63.3 Å². The Bertz CT molecular complexity index is 2870. The molecule has 9 atom stereocenters. The van der Waals surface area contributed by atoms with Crippen molar-refractivity contribution in [1.29, 1.82) is 0 Å². The molecule has 0 aromatic heterocycles. The summed E-state index contributed by atoms with van der Waals surface area (Å²) in [5, 5.41) is 15.1. The number of nitrogens with one attached hydrogen (secondary N) is 2. The van der Waals surface area contributed by atoms with Gasteiger partial charge in [-0.3, -0.25) is 28.8 Å². The molecular weight excluding hydrogens is 959 g/mol. The third kappa shape index (κ3) is 11.9. The van der Waals surface area contributed by atoms with Crippen molar-refractivity contribution in [2.75, 3.05) is 13.7 Å². The predicted molar refractivity (Wildman–Crippen MR) is 283 cm³/mol. The Morgan fingerprint density at radius 1 is 0.853 bits per heavy atom. The first-order valence-corrected chi connectivity index (χ1v) is 27.5. The molecule has 2 amide bonds. The molecule has 12 nitrogen and oxygen atoms in total. The molecule has 2 aromatic carbocycles. The van der Waals surface area contributed by atoms with Gasteiger partial charge in [-0.25, -0.2) is 8.78 Å². The quantitative estimate of drug-likeness (QED) is 0.0315. The van der Waals surface area contributed by atoms with Crippen LogP contribution in [0.2, 0.25) is 0 Å². The number of rotatable bonds is 21. The van der Waals surface area contributed by atoms with Gasteiger partial charge in [0.2, 0.25) is 11.3 Å². The van der Waals surface area contributed by atoms with Crippen LogP contribution < -0.4 is 20.8 Å². The molecule has 1 aliphatic heterocycles. The largest absolute Gasteiger partial charge is 0.494 e. The summed E-state index contributed by atoms with van der Waals surface area (Å²) in [6, 6.07) is 7.85. The number of methoxy groups -OCH3 is 1. The van der Waals surface area contributed by atoms with Gasteiger partial charge >= 0.3 is 11.9 Å². The fourth-order valence-electron chi connectivity index (χ4n) is 14.2. The second kappa shape index (κ2) is 23.1. The second-order valence-electron chi connectivity index (χ2n) is 23.3. The zero-order valence-corrected chi connectivity index (χ0v) is 44.8. The minimum atomic E-state index is -1.22. The maximum Gasteiger partial charge on any atom is 0.306 e. The fourth-order valence-corrected chi connectivity index (χ4v) is 14.2. The molecule has 2 aromatic rings. The lowest BCUT2D eigenvalue weighted by Crippen LogP contribution is -2.51. The van der Waals surface area contributed by atoms with Crippen molar-refractivity contribution in [3.05, 3.63) is 87.1 Å². The molecule has 4 unspecified atom stereocenters. The molecule has 75 heavy (non-hydrogen) atoms. The number of hydrogen-bond acceptors (Lipinski definition) is 9. The van der Waals surface area contributed by atoms with Crippen molar-refractivity contribution in [1.82, 2.24) is 10.6 Å². The van der Waals surface area contributed by atoms with E-state index in [1.54, 1.807) is 13.0 Å². The topological polar surface area (TPSA) is 178 Å². The van der Waals surface area contributed by atoms with Crippen molar-refractivity contribution in [2.24, 2.45) is 46.3 Å². The molecule has 0 radical (unpaired) electrons. The molecule has 404 valence electrons. The smallest absolute Gasteiger partial charge is 0.306 e. The highest BCUT2D eigenvalue weighted by molar-refractivity contribution is 6.04. The van der Waals surface area contributed by atoms with Crippen molar-refractivity contribution in [3.8, 4) is 28.2 Å². The van der Waals surface area contributed by atoms with Crippen LogP contribution in [0.4, 0.5) is 8.78 Å². The number of hydrogen-bond donors (Lipinski definition) is 3. The Balaban J connectivity index is 0.806. The van der Waals surface area contributed by atoms with Gasteiger partial charge < -0.3 is 29.6 Å². The summed E-state index contributed by atoms with van der Waals surface area (Å²) in [7, 11) is 1.29. The minimum Gasteiger partial charge on any atom is -0.494 e. The van der Waals surface area contributed by atoms with E-state index in [0.717, 1.165) is 67.4 Å². The van der Waals surface area contributed by atoms with Gasteiger partial charge in [-0.1, -0.05) is 71.6 Å². The van der Waals surface area contributed by atoms with Crippen LogP contribution in [0.5, 0.6) is 5.75 Å². The minimum absolute atomic E-state index is 0.0458. The normalized spacial score (nSPS) is 24.9. The van der Waals surface area contributed by atoms with Crippen LogP contribution in [0.3, 0.4) is 0 Å². The lowest BCUT2D eigenvalue weighted by atomic mass is 9.47. The van der Waals surface area contributed by atoms with Crippen LogP contribution in [-0.4, -0.2) is 60.4 Å². The van der Waals surface area contributed by atoms with Gasteiger partial charge in [0, 0.05) is 72.9 Å². The molecule has 3 saturated carbocycles. The van der Waals surface area contributed by atoms with Crippen LogP contribution in [0, 0.1) is 64.9 Å². The van der Waals surface area contributed by atoms with Gasteiger partial charge in [0.25, 0.3) is 5.91 Å². The fraction of sp³-hybridized carbons (Fsp3) is 0.574. The number of carboxylic acids is 1. The summed E-state index contributed by atoms with van der Waals surface area (Å²) in [5.74, 6) is -0.336. The molecule has 5 aliphatic carbocycles. The third-order valence-electron chi connectivity index (χ3n) is 18.2. The molecule has 0 bridgehead atoms. The van der Waals surface area contributed by atoms with Gasteiger partial charge in [0.1, 0.15) is 17.4 Å². The van der Waals surface area contributed by atoms with Crippen molar-refractivity contribution >= 4 is 40.5 Å². The maximum atomic E-state index is 15.1. The first kappa shape index (κ1) is 55.3. The van der Waals surface area contributed by atoms with Crippen LogP contribution in [-0.2, 0) is 23.9 Å². The van der Waals surface area contributed by atoms with Crippen LogP contribution in [0.1, 0.15) is 160 Å². The highest BCUT2D eigenvalue weighted by Crippen LogP contribution is 2.67. The van der Waals surface area contributed by atoms with E-state index in [4.69, 9.17) is 13.9 Å². The van der Waals surface area contributed by atoms with E-state index in [2.05, 4.69) is 51.3 Å². The standard InChI is InChI=1S/C61H76F2N2O10/c1-34(2)10-8-11-35(3)44-17-18-45-41-16-14-38-29-39(23-25-60(38,5)46(41)24-26-61(44,45)6)74-57(71)12-9-27-64-55(68)21-20-50(66)49(19-22-56(69)70)65-59(72)37-13-15-40(36(4)28-37)58-42-30-47(62)51(67)32-52(42)75-53-33-54(73-7)48(63)31-43(53)58/h13-15,28,30-35,39,41,44-46,49H,8-12,16-27,29H2,1-7H3,(H,64,68)(H,65,72)(H,69,70)/t35-,39+,41-,44?,45+,46?,49+,60?,61?/m1/s1. The zero-order valence-electron chi connectivity index (χ0n) is 44.8. The first-order valence-electron chi connectivity index (χ1n) is 27.5. The van der Waals surface area contributed by atoms with Gasteiger partial charge in [0.05, 0.1) is 13.2 Å². The third-order valence-corrected chi connectivity index (χ3v) is 18.2. The van der Waals surface area contributed by atoms with E-state index in [1.807, 2.05) is 0 Å². The number of fused-ring (bicyclic) bond motifs is 7. The number of allylic oxidation sites excluding steroid dienone is 1. The summed E-state index contributed by atoms with van der Waals surface area (Å²) >= 11 is 0. The summed E-state index contributed by atoms with van der Waals surface area (Å²) in [4.78, 5) is 76.9. The molecule has 0 saturated heterocycles. The highest BCUT2D eigenvalue weighted by Gasteiger charge is 2.59. The van der Waals surface area contributed by atoms with Gasteiger partial charge in [-0.2, -0.15) is 0 Å². The Morgan fingerprint density at radius 3 is 2.37 bits per heavy atom. The number of ketones is 1. The van der Waals surface area contributed by atoms with E-state index in [0.29, 0.717) is 34.4 Å². The number of halogens is 2. The number of aliphatic carboxylic acids is 1. The Labute approximate surface area is 439 Å². The van der Waals surface area contributed by atoms with Gasteiger partial charge in [-0.05, 0) is 146 Å². The SMILES string of the molecule is COc1cc2oc3cc(=O)c(F)cc-3c(-c3ccc(C(=O)N[C@@H](CCC(=O)O)C(=O)CCC(=O)NCCCC(=O)O[C@H]4CCC5(C)C(=CC[C@H]6C5CCC5(C)C([C@H](C)CCCC(C)C)CC[C@@H]65)C4)cc3C)c2cc1F. The van der Waals surface area contributed by atoms with E-state index in [9.17, 15) is 38.3 Å². The zero-order chi connectivity index (χ0) is 53.9. The Morgan fingerprint density at radius 2 is 1.64 bits per heavy atom. The first-order chi connectivity index (χ1) is 35.7. The number of carbonyl (C=O) groups excluding carboxylic acids is 4. The number of amides is 2. The Kier molecular flexibility index (Phi) is 17.1. The number of carbonyl (C=O) groups is 5. The molecule has 8 rings (SSSR count). The number of aryl methyl sites for hydroxylation is 1. The van der Waals surface area contributed by atoms with E-state index < -0.39 is 53.1 Å². The predicted octanol–water partition coefficient (Wildman–Crippen LogP) is 12.3. The van der Waals surface area contributed by atoms with Gasteiger partial charge in [-0.15, -0.1) is 0 Å². The molecule has 1 heterocycles. The lowest BCUT2D eigenvalue weighted by molar-refractivity contribution is -0.151. The number of ether oxygens (including phenoxy) is 2. The molecule has 6 aliphatic rings. The summed E-state index contributed by atoms with van der Waals surface area (Å²) in [5.41, 5.74) is 2.92. The van der Waals surface area contributed by atoms with Crippen molar-refractivity contribution in [3.63, 3.8) is 0 Å². The number of Topliss-reactive ketones (excluding diaryl/α,β-unsaturated/α-hetero) is 1. The molecule has 3 N–H and O–H groups in total. The van der Waals surface area contributed by atoms with E-state index >= 15 is 4.39 Å². The number of esters is 1. The summed E-state index contributed by atoms with van der Waals surface area (Å²) in [6.45, 7) is 14.2. The lowest BCUT2D eigenvalue weighted by Gasteiger charge is -2.58. The van der Waals surface area contributed by atoms with Gasteiger partial charge in [0.15, 0.2) is 23.2 Å². The van der Waals surface area contributed by atoms with E-state index in [-0.39, 0.29) is 83.3 Å². The molecule has 0 spiro atoms. The average molecular weight is 1040 g/mol. The molecule has 14 heteroatoms. The highest BCUT2D eigenvalue weighted by atomic mass is 19.1. The van der Waals surface area contributed by atoms with Crippen LogP contribution in [0.25, 0.3) is 33.4 Å². The van der Waals surface area contributed by atoms with Crippen LogP contribution >= 0.6 is 0 Å². The summed E-state index contributed by atoms with van der Waals surface area (Å²) < 4.78 is 46.9. The number of benzene rings is 3. The maximum absolute atomic E-state index is 15.1. The summed E-state index contributed by atoms with van der Waals surface area (Å²) in [6.07, 6.45) is 14.9. The van der Waals surface area contributed by atoms with E-state index in [1.165, 1.54) is 81.9 Å². The molecule has 3 fully saturated rings. The monoisotopic (exact) mass is 1030 g/mol.